The lowest BCUT2D eigenvalue weighted by atomic mass is 10.1. The highest BCUT2D eigenvalue weighted by Crippen LogP contribution is 2.21. The van der Waals surface area contributed by atoms with Gasteiger partial charge in [-0.2, -0.15) is 0 Å². The molecule has 0 saturated carbocycles. The van der Waals surface area contributed by atoms with Gasteiger partial charge in [0.25, 0.3) is 0 Å². The first-order chi connectivity index (χ1) is 13.6. The third kappa shape index (κ3) is 4.00. The summed E-state index contributed by atoms with van der Waals surface area (Å²) in [6.45, 7) is 2.50. The normalized spacial score (nSPS) is 13.8. The highest BCUT2D eigenvalue weighted by atomic mass is 32.1. The summed E-state index contributed by atoms with van der Waals surface area (Å²) in [4.78, 5) is 26.3. The molecule has 0 aliphatic carbocycles. The largest absolute Gasteiger partial charge is 0.465 e. The first-order valence-electron chi connectivity index (χ1n) is 9.06. The van der Waals surface area contributed by atoms with Crippen molar-refractivity contribution in [2.45, 2.75) is 19.5 Å². The molecule has 0 atom stereocenters. The Labute approximate surface area is 168 Å². The quantitative estimate of drug-likeness (QED) is 0.541. The molecule has 142 valence electrons. The number of hydrogen-bond donors (Lipinski definition) is 1. The van der Waals surface area contributed by atoms with Gasteiger partial charge < -0.3 is 9.72 Å². The molecule has 7 heteroatoms. The van der Waals surface area contributed by atoms with Crippen LogP contribution in [0.5, 0.6) is 0 Å². The van der Waals surface area contributed by atoms with Crippen LogP contribution in [0.2, 0.25) is 0 Å². The van der Waals surface area contributed by atoms with Crippen LogP contribution in [-0.4, -0.2) is 39.5 Å². The maximum absolute atomic E-state index is 11.8. The number of esters is 1. The molecule has 0 fully saturated rings. The van der Waals surface area contributed by atoms with Crippen molar-refractivity contribution in [3.63, 3.8) is 0 Å². The third-order valence-electron chi connectivity index (χ3n) is 4.83. The van der Waals surface area contributed by atoms with Crippen molar-refractivity contribution in [1.29, 1.82) is 0 Å². The molecule has 0 radical (unpaired) electrons. The lowest BCUT2D eigenvalue weighted by Gasteiger charge is -2.27. The smallest absolute Gasteiger partial charge is 0.337 e. The molecule has 28 heavy (non-hydrogen) atoms. The summed E-state index contributed by atoms with van der Waals surface area (Å²) in [5, 5.41) is 0. The predicted octanol–water partition coefficient (Wildman–Crippen LogP) is 3.55. The minimum absolute atomic E-state index is 0.349. The molecule has 0 saturated heterocycles. The number of aromatic amines is 1. The van der Waals surface area contributed by atoms with Gasteiger partial charge >= 0.3 is 5.97 Å². The van der Waals surface area contributed by atoms with E-state index in [4.69, 9.17) is 21.9 Å². The lowest BCUT2D eigenvalue weighted by Crippen LogP contribution is -2.31. The molecule has 0 amide bonds. The molecular weight excluding hydrogens is 372 g/mol. The number of fused-ring (bicyclic) bond motifs is 1. The summed E-state index contributed by atoms with van der Waals surface area (Å²) in [5.74, 6) is -0.349. The first-order valence-corrected chi connectivity index (χ1v) is 9.47. The first kappa shape index (κ1) is 18.5. The van der Waals surface area contributed by atoms with Crippen molar-refractivity contribution in [2.24, 2.45) is 0 Å². The highest BCUT2D eigenvalue weighted by Gasteiger charge is 2.18. The van der Waals surface area contributed by atoms with E-state index in [9.17, 15) is 4.79 Å². The number of aromatic nitrogens is 3. The van der Waals surface area contributed by atoms with Crippen LogP contribution in [0, 0.1) is 4.77 Å². The van der Waals surface area contributed by atoms with Gasteiger partial charge in [0.2, 0.25) is 0 Å². The molecule has 0 bridgehead atoms. The molecule has 6 nitrogen and oxygen atoms in total. The Morgan fingerprint density at radius 1 is 1.29 bits per heavy atom. The Balaban J connectivity index is 1.53. The van der Waals surface area contributed by atoms with E-state index in [1.54, 1.807) is 6.07 Å². The van der Waals surface area contributed by atoms with Crippen LogP contribution in [0.4, 0.5) is 0 Å². The van der Waals surface area contributed by atoms with E-state index in [2.05, 4.69) is 14.9 Å². The molecule has 2 aromatic heterocycles. The Kier molecular flexibility index (Phi) is 5.27. The molecule has 1 N–H and O–H groups in total. The van der Waals surface area contributed by atoms with E-state index in [0.717, 1.165) is 43.0 Å². The number of nitrogens with zero attached hydrogens (tertiary/aromatic N) is 3. The molecule has 4 rings (SSSR count). The molecule has 1 aromatic carbocycles. The Hall–Kier alpha value is -2.90. The Bertz CT molecular complexity index is 1080. The topological polar surface area (TPSA) is 71.1 Å². The van der Waals surface area contributed by atoms with E-state index < -0.39 is 0 Å². The highest BCUT2D eigenvalue weighted by molar-refractivity contribution is 7.71. The van der Waals surface area contributed by atoms with Gasteiger partial charge in [-0.15, -0.1) is 0 Å². The second kappa shape index (κ2) is 8.00. The molecule has 1 aliphatic rings. The average molecular weight is 392 g/mol. The number of benzene rings is 1. The molecule has 3 aromatic rings. The average Bonchev–Trinajstić information content (AvgIpc) is 2.73. The summed E-state index contributed by atoms with van der Waals surface area (Å²) < 4.78 is 5.34. The number of rotatable bonds is 4. The Morgan fingerprint density at radius 2 is 2.14 bits per heavy atom. The summed E-state index contributed by atoms with van der Waals surface area (Å²) in [5.41, 5.74) is 5.60. The van der Waals surface area contributed by atoms with Gasteiger partial charge in [-0.05, 0) is 36.5 Å². The van der Waals surface area contributed by atoms with Crippen LogP contribution in [0.1, 0.15) is 27.3 Å². The standard InChI is InChI=1S/C21H20N4O2S/c1-27-20(26)15-5-2-4-14(10-15)18-7-3-6-17(23-18)13-25-9-8-19-16(12-25)11-22-21(28)24-19/h2-7,10-11H,8-9,12-13H2,1H3,(H,22,24,28). The van der Waals surface area contributed by atoms with Gasteiger partial charge in [0.05, 0.1) is 24.1 Å². The molecule has 3 heterocycles. The van der Waals surface area contributed by atoms with Crippen molar-refractivity contribution in [2.75, 3.05) is 13.7 Å². The fraction of sp³-hybridized carbons (Fsp3) is 0.238. The summed E-state index contributed by atoms with van der Waals surface area (Å²) in [6.07, 6.45) is 2.78. The van der Waals surface area contributed by atoms with Crippen LogP contribution in [0.25, 0.3) is 11.3 Å². The number of carbonyl (C=O) groups excluding carboxylic acids is 1. The molecule has 0 spiro atoms. The number of ether oxygens (including phenoxy) is 1. The second-order valence-corrected chi connectivity index (χ2v) is 7.13. The zero-order valence-electron chi connectivity index (χ0n) is 15.5. The number of pyridine rings is 1. The zero-order valence-corrected chi connectivity index (χ0v) is 16.3. The van der Waals surface area contributed by atoms with Gasteiger partial charge in [-0.25, -0.2) is 9.78 Å². The molecular formula is C21H20N4O2S. The van der Waals surface area contributed by atoms with E-state index >= 15 is 0 Å². The van der Waals surface area contributed by atoms with Gasteiger partial charge in [0.1, 0.15) is 0 Å². The van der Waals surface area contributed by atoms with Crippen LogP contribution in [0.3, 0.4) is 0 Å². The van der Waals surface area contributed by atoms with Crippen LogP contribution >= 0.6 is 12.2 Å². The number of hydrogen-bond acceptors (Lipinski definition) is 6. The summed E-state index contributed by atoms with van der Waals surface area (Å²) >= 11 is 5.11. The van der Waals surface area contributed by atoms with Gasteiger partial charge in [0, 0.05) is 49.1 Å². The number of nitrogens with one attached hydrogen (secondary N) is 1. The molecule has 0 unspecified atom stereocenters. The maximum Gasteiger partial charge on any atom is 0.337 e. The van der Waals surface area contributed by atoms with E-state index in [1.165, 1.54) is 18.4 Å². The number of carbonyl (C=O) groups is 1. The minimum atomic E-state index is -0.349. The monoisotopic (exact) mass is 392 g/mol. The number of H-pyrrole nitrogens is 1. The fourth-order valence-electron chi connectivity index (χ4n) is 3.42. The Morgan fingerprint density at radius 3 is 3.00 bits per heavy atom. The van der Waals surface area contributed by atoms with Crippen LogP contribution in [0.15, 0.2) is 48.7 Å². The van der Waals surface area contributed by atoms with E-state index in [1.807, 2.05) is 42.6 Å². The van der Waals surface area contributed by atoms with Crippen molar-refractivity contribution < 1.29 is 9.53 Å². The third-order valence-corrected chi connectivity index (χ3v) is 5.03. The second-order valence-electron chi connectivity index (χ2n) is 6.74. The van der Waals surface area contributed by atoms with Gasteiger partial charge in [0.15, 0.2) is 4.77 Å². The fourth-order valence-corrected chi connectivity index (χ4v) is 3.60. The SMILES string of the molecule is COC(=O)c1cccc(-c2cccc(CN3CCc4[nH]c(=S)ncc4C3)n2)c1. The minimum Gasteiger partial charge on any atom is -0.465 e. The van der Waals surface area contributed by atoms with Gasteiger partial charge in [-0.3, -0.25) is 9.88 Å². The number of methoxy groups -OCH3 is 1. The van der Waals surface area contributed by atoms with Crippen LogP contribution < -0.4 is 0 Å². The molecule has 1 aliphatic heterocycles. The van der Waals surface area contributed by atoms with Crippen LogP contribution in [-0.2, 0) is 24.2 Å². The van der Waals surface area contributed by atoms with Crippen molar-refractivity contribution >= 4 is 18.2 Å². The summed E-state index contributed by atoms with van der Waals surface area (Å²) in [6, 6.07) is 13.3. The maximum atomic E-state index is 11.8. The van der Waals surface area contributed by atoms with E-state index in [0.29, 0.717) is 10.3 Å². The van der Waals surface area contributed by atoms with Gasteiger partial charge in [-0.1, -0.05) is 18.2 Å². The lowest BCUT2D eigenvalue weighted by molar-refractivity contribution is 0.0601. The van der Waals surface area contributed by atoms with Crippen molar-refractivity contribution in [3.8, 4) is 11.3 Å². The predicted molar refractivity (Wildman–Crippen MR) is 108 cm³/mol. The zero-order chi connectivity index (χ0) is 19.5. The van der Waals surface area contributed by atoms with Crippen molar-refractivity contribution in [3.05, 3.63) is 75.9 Å². The van der Waals surface area contributed by atoms with Crippen molar-refractivity contribution in [1.82, 2.24) is 19.9 Å². The summed E-state index contributed by atoms with van der Waals surface area (Å²) in [7, 11) is 1.38. The van der Waals surface area contributed by atoms with E-state index in [-0.39, 0.29) is 5.97 Å².